The summed E-state index contributed by atoms with van der Waals surface area (Å²) in [7, 11) is 0. The number of benzene rings is 1. The van der Waals surface area contributed by atoms with Gasteiger partial charge >= 0.3 is 0 Å². The van der Waals surface area contributed by atoms with E-state index in [2.05, 4.69) is 4.98 Å². The van der Waals surface area contributed by atoms with Crippen LogP contribution in [0.2, 0.25) is 5.02 Å². The Kier molecular flexibility index (Phi) is 3.31. The lowest BCUT2D eigenvalue weighted by Gasteiger charge is -2.13. The predicted molar refractivity (Wildman–Crippen MR) is 68.9 cm³/mol. The van der Waals surface area contributed by atoms with E-state index in [1.165, 1.54) is 0 Å². The second-order valence-corrected chi connectivity index (χ2v) is 4.35. The number of pyridine rings is 1. The van der Waals surface area contributed by atoms with Gasteiger partial charge < -0.3 is 10.8 Å². The lowest BCUT2D eigenvalue weighted by molar-refractivity contribution is 0.220. The van der Waals surface area contributed by atoms with Crippen molar-refractivity contribution in [1.82, 2.24) is 4.98 Å². The highest BCUT2D eigenvalue weighted by Crippen LogP contribution is 2.28. The SMILES string of the molecule is Cc1ccc(C(O)c2ccc(Cl)cc2N)cn1. The Morgan fingerprint density at radius 1 is 1.29 bits per heavy atom. The molecule has 0 bridgehead atoms. The molecule has 1 aromatic heterocycles. The molecule has 88 valence electrons. The van der Waals surface area contributed by atoms with Gasteiger partial charge in [0.1, 0.15) is 6.10 Å². The Labute approximate surface area is 105 Å². The molecular formula is C13H13ClN2O. The number of nitrogens with two attached hydrogens (primary N) is 1. The average Bonchev–Trinajstić information content (AvgIpc) is 2.29. The van der Waals surface area contributed by atoms with Crippen LogP contribution in [0.1, 0.15) is 22.9 Å². The second kappa shape index (κ2) is 4.73. The minimum absolute atomic E-state index is 0.477. The van der Waals surface area contributed by atoms with E-state index < -0.39 is 6.10 Å². The zero-order chi connectivity index (χ0) is 12.4. The Hall–Kier alpha value is -1.58. The molecule has 0 spiro atoms. The molecule has 0 saturated heterocycles. The highest BCUT2D eigenvalue weighted by Gasteiger charge is 2.13. The molecule has 0 aliphatic rings. The van der Waals surface area contributed by atoms with E-state index in [-0.39, 0.29) is 0 Å². The standard InChI is InChI=1S/C13H13ClN2O/c1-8-2-3-9(7-16-8)13(17)11-5-4-10(14)6-12(11)15/h2-7,13,17H,15H2,1H3. The van der Waals surface area contributed by atoms with Crippen molar-refractivity contribution in [2.75, 3.05) is 5.73 Å². The summed E-state index contributed by atoms with van der Waals surface area (Å²) in [5.74, 6) is 0. The quantitative estimate of drug-likeness (QED) is 0.804. The van der Waals surface area contributed by atoms with Crippen molar-refractivity contribution >= 4 is 17.3 Å². The summed E-state index contributed by atoms with van der Waals surface area (Å²) in [4.78, 5) is 4.15. The minimum Gasteiger partial charge on any atom is -0.398 e. The number of anilines is 1. The third-order valence-corrected chi connectivity index (χ3v) is 2.83. The maximum atomic E-state index is 10.2. The van der Waals surface area contributed by atoms with Crippen LogP contribution < -0.4 is 5.73 Å². The fraction of sp³-hybridized carbons (Fsp3) is 0.154. The number of halogens is 1. The first-order valence-corrected chi connectivity index (χ1v) is 5.61. The van der Waals surface area contributed by atoms with Gasteiger partial charge in [0.05, 0.1) is 0 Å². The molecule has 2 rings (SSSR count). The van der Waals surface area contributed by atoms with Crippen LogP contribution in [-0.2, 0) is 0 Å². The van der Waals surface area contributed by atoms with Gasteiger partial charge in [-0.15, -0.1) is 0 Å². The molecule has 0 radical (unpaired) electrons. The van der Waals surface area contributed by atoms with Crippen molar-refractivity contribution in [2.45, 2.75) is 13.0 Å². The molecule has 2 aromatic rings. The van der Waals surface area contributed by atoms with Gasteiger partial charge in [-0.05, 0) is 25.1 Å². The van der Waals surface area contributed by atoms with Crippen LogP contribution in [0.25, 0.3) is 0 Å². The van der Waals surface area contributed by atoms with E-state index in [1.54, 1.807) is 24.4 Å². The van der Waals surface area contributed by atoms with E-state index in [9.17, 15) is 5.11 Å². The number of aromatic nitrogens is 1. The summed E-state index contributed by atoms with van der Waals surface area (Å²) in [6.07, 6.45) is 0.869. The topological polar surface area (TPSA) is 59.1 Å². The van der Waals surface area contributed by atoms with E-state index in [0.29, 0.717) is 21.8 Å². The van der Waals surface area contributed by atoms with Crippen LogP contribution in [0.4, 0.5) is 5.69 Å². The highest BCUT2D eigenvalue weighted by molar-refractivity contribution is 6.30. The molecule has 3 N–H and O–H groups in total. The van der Waals surface area contributed by atoms with Gasteiger partial charge in [0.15, 0.2) is 0 Å². The van der Waals surface area contributed by atoms with Gasteiger partial charge in [-0.25, -0.2) is 0 Å². The minimum atomic E-state index is -0.777. The first-order valence-electron chi connectivity index (χ1n) is 5.23. The molecule has 0 saturated carbocycles. The Bertz CT molecular complexity index is 525. The molecule has 1 unspecified atom stereocenters. The molecule has 1 heterocycles. The molecule has 0 aliphatic heterocycles. The molecule has 4 heteroatoms. The van der Waals surface area contributed by atoms with Crippen LogP contribution in [0.5, 0.6) is 0 Å². The molecule has 17 heavy (non-hydrogen) atoms. The smallest absolute Gasteiger partial charge is 0.108 e. The molecular weight excluding hydrogens is 236 g/mol. The zero-order valence-corrected chi connectivity index (χ0v) is 10.1. The number of aliphatic hydroxyl groups is 1. The zero-order valence-electron chi connectivity index (χ0n) is 9.39. The van der Waals surface area contributed by atoms with Gasteiger partial charge in [-0.1, -0.05) is 23.7 Å². The Morgan fingerprint density at radius 3 is 2.65 bits per heavy atom. The average molecular weight is 249 g/mol. The Balaban J connectivity index is 2.36. The summed E-state index contributed by atoms with van der Waals surface area (Å²) in [5, 5.41) is 10.7. The van der Waals surface area contributed by atoms with Crippen molar-refractivity contribution in [2.24, 2.45) is 0 Å². The summed E-state index contributed by atoms with van der Waals surface area (Å²) in [6.45, 7) is 1.90. The summed E-state index contributed by atoms with van der Waals surface area (Å²) >= 11 is 5.81. The van der Waals surface area contributed by atoms with Crippen LogP contribution in [-0.4, -0.2) is 10.1 Å². The lowest BCUT2D eigenvalue weighted by Crippen LogP contribution is -2.04. The first-order chi connectivity index (χ1) is 8.08. The van der Waals surface area contributed by atoms with Crippen molar-refractivity contribution in [1.29, 1.82) is 0 Å². The van der Waals surface area contributed by atoms with Crippen LogP contribution >= 0.6 is 11.6 Å². The van der Waals surface area contributed by atoms with E-state index in [1.807, 2.05) is 19.1 Å². The summed E-state index contributed by atoms with van der Waals surface area (Å²) in [5.41, 5.74) is 8.56. The molecule has 3 nitrogen and oxygen atoms in total. The highest BCUT2D eigenvalue weighted by atomic mass is 35.5. The summed E-state index contributed by atoms with van der Waals surface area (Å²) in [6, 6.07) is 8.74. The molecule has 1 atom stereocenters. The van der Waals surface area contributed by atoms with Crippen molar-refractivity contribution < 1.29 is 5.11 Å². The van der Waals surface area contributed by atoms with Crippen molar-refractivity contribution in [3.8, 4) is 0 Å². The maximum Gasteiger partial charge on any atom is 0.108 e. The fourth-order valence-electron chi connectivity index (χ4n) is 1.62. The van der Waals surface area contributed by atoms with E-state index >= 15 is 0 Å². The second-order valence-electron chi connectivity index (χ2n) is 3.91. The predicted octanol–water partition coefficient (Wildman–Crippen LogP) is 2.71. The number of aryl methyl sites for hydroxylation is 1. The summed E-state index contributed by atoms with van der Waals surface area (Å²) < 4.78 is 0. The normalized spacial score (nSPS) is 12.4. The number of nitrogen functional groups attached to an aromatic ring is 1. The molecule has 0 aliphatic carbocycles. The molecule has 0 amide bonds. The van der Waals surface area contributed by atoms with Crippen molar-refractivity contribution in [3.63, 3.8) is 0 Å². The third-order valence-electron chi connectivity index (χ3n) is 2.59. The number of nitrogens with zero attached hydrogens (tertiary/aromatic N) is 1. The number of hydrogen-bond donors (Lipinski definition) is 2. The Morgan fingerprint density at radius 2 is 2.06 bits per heavy atom. The maximum absolute atomic E-state index is 10.2. The van der Waals surface area contributed by atoms with Gasteiger partial charge in [-0.2, -0.15) is 0 Å². The number of aliphatic hydroxyl groups excluding tert-OH is 1. The van der Waals surface area contributed by atoms with Gasteiger partial charge in [0, 0.05) is 33.7 Å². The fourth-order valence-corrected chi connectivity index (χ4v) is 1.80. The number of rotatable bonds is 2. The molecule has 1 aromatic carbocycles. The monoisotopic (exact) mass is 248 g/mol. The van der Waals surface area contributed by atoms with Gasteiger partial charge in [0.25, 0.3) is 0 Å². The van der Waals surface area contributed by atoms with Crippen molar-refractivity contribution in [3.05, 3.63) is 58.4 Å². The van der Waals surface area contributed by atoms with E-state index in [0.717, 1.165) is 5.69 Å². The van der Waals surface area contributed by atoms with Gasteiger partial charge in [0.2, 0.25) is 0 Å². The largest absolute Gasteiger partial charge is 0.398 e. The van der Waals surface area contributed by atoms with Crippen LogP contribution in [0, 0.1) is 6.92 Å². The first kappa shape index (κ1) is 11.9. The number of hydrogen-bond acceptors (Lipinski definition) is 3. The van der Waals surface area contributed by atoms with Gasteiger partial charge in [-0.3, -0.25) is 4.98 Å². The lowest BCUT2D eigenvalue weighted by atomic mass is 10.0. The van der Waals surface area contributed by atoms with Crippen LogP contribution in [0.15, 0.2) is 36.5 Å². The third kappa shape index (κ3) is 2.57. The molecule has 0 fully saturated rings. The van der Waals surface area contributed by atoms with Crippen LogP contribution in [0.3, 0.4) is 0 Å². The van der Waals surface area contributed by atoms with E-state index in [4.69, 9.17) is 17.3 Å².